The molecule has 2 heterocycles. The normalized spacial score (nSPS) is 11.5. The number of nitrogens with zero attached hydrogens (tertiary/aromatic N) is 4. The summed E-state index contributed by atoms with van der Waals surface area (Å²) in [5.41, 5.74) is 6.95. The summed E-state index contributed by atoms with van der Waals surface area (Å²) in [7, 11) is 0. The van der Waals surface area contributed by atoms with Crippen molar-refractivity contribution in [3.63, 3.8) is 0 Å². The summed E-state index contributed by atoms with van der Waals surface area (Å²) < 4.78 is 1.80. The van der Waals surface area contributed by atoms with Crippen molar-refractivity contribution in [2.24, 2.45) is 0 Å². The highest BCUT2D eigenvalue weighted by Crippen LogP contribution is 2.25. The molecule has 3 N–H and O–H groups in total. The van der Waals surface area contributed by atoms with E-state index in [9.17, 15) is 15.2 Å². The topological polar surface area (TPSA) is 116 Å². The molecule has 0 aliphatic heterocycles. The molecular formula is C29H30N6O2. The van der Waals surface area contributed by atoms with Gasteiger partial charge in [0, 0.05) is 24.5 Å². The van der Waals surface area contributed by atoms with Crippen LogP contribution in [0.3, 0.4) is 0 Å². The second-order valence-corrected chi connectivity index (χ2v) is 9.02. The van der Waals surface area contributed by atoms with Crippen LogP contribution in [-0.4, -0.2) is 31.9 Å². The van der Waals surface area contributed by atoms with Gasteiger partial charge in [-0.2, -0.15) is 10.4 Å². The van der Waals surface area contributed by atoms with Crippen molar-refractivity contribution in [1.29, 1.82) is 5.26 Å². The van der Waals surface area contributed by atoms with Gasteiger partial charge in [0.1, 0.15) is 11.9 Å². The van der Waals surface area contributed by atoms with Gasteiger partial charge in [-0.25, -0.2) is 14.5 Å². The summed E-state index contributed by atoms with van der Waals surface area (Å²) in [4.78, 5) is 16.4. The van der Waals surface area contributed by atoms with Gasteiger partial charge in [0.25, 0.3) is 0 Å². The Morgan fingerprint density at radius 1 is 1.14 bits per heavy atom. The van der Waals surface area contributed by atoms with E-state index in [-0.39, 0.29) is 0 Å². The predicted octanol–water partition coefficient (Wildman–Crippen LogP) is 5.04. The van der Waals surface area contributed by atoms with Crippen LogP contribution in [0.5, 0.6) is 0 Å². The number of aliphatic carboxylic acids is 1. The van der Waals surface area contributed by atoms with Gasteiger partial charge in [0.05, 0.1) is 29.6 Å². The molecule has 4 rings (SSSR count). The van der Waals surface area contributed by atoms with Gasteiger partial charge in [-0.1, -0.05) is 19.1 Å². The van der Waals surface area contributed by atoms with Crippen molar-refractivity contribution in [3.05, 3.63) is 101 Å². The lowest BCUT2D eigenvalue weighted by molar-refractivity contribution is -0.137. The number of rotatable bonds is 10. The first kappa shape index (κ1) is 25.5. The SMILES string of the molecule is CCc1cc(C#N)cc(C)c1NC(Cc1ccc(-n2ccc(CNc3cc(C)ccn3)n2)cc1)C(=O)O. The lowest BCUT2D eigenvalue weighted by atomic mass is 9.99. The number of hydrogen-bond acceptors (Lipinski definition) is 6. The van der Waals surface area contributed by atoms with Gasteiger partial charge in [-0.05, 0) is 85.0 Å². The van der Waals surface area contributed by atoms with Crippen molar-refractivity contribution in [2.75, 3.05) is 10.6 Å². The molecule has 0 bridgehead atoms. The third kappa shape index (κ3) is 6.33. The summed E-state index contributed by atoms with van der Waals surface area (Å²) in [6.45, 7) is 6.46. The van der Waals surface area contributed by atoms with E-state index in [1.54, 1.807) is 16.9 Å². The predicted molar refractivity (Wildman–Crippen MR) is 144 cm³/mol. The van der Waals surface area contributed by atoms with E-state index in [2.05, 4.69) is 26.8 Å². The van der Waals surface area contributed by atoms with Crippen molar-refractivity contribution in [1.82, 2.24) is 14.8 Å². The highest BCUT2D eigenvalue weighted by atomic mass is 16.4. The molecule has 2 aromatic carbocycles. The van der Waals surface area contributed by atoms with Gasteiger partial charge >= 0.3 is 5.97 Å². The smallest absolute Gasteiger partial charge is 0.326 e. The summed E-state index contributed by atoms with van der Waals surface area (Å²) >= 11 is 0. The van der Waals surface area contributed by atoms with Crippen LogP contribution in [0, 0.1) is 25.2 Å². The lowest BCUT2D eigenvalue weighted by Crippen LogP contribution is -2.32. The number of pyridine rings is 1. The van der Waals surface area contributed by atoms with Gasteiger partial charge in [0.2, 0.25) is 0 Å². The van der Waals surface area contributed by atoms with Crippen LogP contribution in [0.1, 0.15) is 40.4 Å². The number of aryl methyl sites for hydroxylation is 3. The minimum absolute atomic E-state index is 0.315. The first-order valence-corrected chi connectivity index (χ1v) is 12.2. The average molecular weight is 495 g/mol. The molecule has 0 aliphatic rings. The molecule has 8 heteroatoms. The maximum absolute atomic E-state index is 12.1. The summed E-state index contributed by atoms with van der Waals surface area (Å²) in [6, 6.07) is 18.6. The maximum Gasteiger partial charge on any atom is 0.326 e. The molecular weight excluding hydrogens is 464 g/mol. The second-order valence-electron chi connectivity index (χ2n) is 9.02. The number of anilines is 2. The molecule has 2 aromatic heterocycles. The quantitative estimate of drug-likeness (QED) is 0.283. The maximum atomic E-state index is 12.1. The molecule has 0 saturated carbocycles. The number of carboxylic acids is 1. The van der Waals surface area contributed by atoms with E-state index in [0.29, 0.717) is 24.9 Å². The zero-order valence-corrected chi connectivity index (χ0v) is 21.2. The van der Waals surface area contributed by atoms with Crippen molar-refractivity contribution in [2.45, 2.75) is 46.2 Å². The fourth-order valence-electron chi connectivity index (χ4n) is 4.22. The minimum Gasteiger partial charge on any atom is -0.480 e. The fourth-order valence-corrected chi connectivity index (χ4v) is 4.22. The Hall–Kier alpha value is -4.64. The minimum atomic E-state index is -0.929. The second kappa shape index (κ2) is 11.4. The van der Waals surface area contributed by atoms with E-state index >= 15 is 0 Å². The molecule has 1 unspecified atom stereocenters. The number of carboxylic acid groups (broad SMARTS) is 1. The number of nitriles is 1. The first-order chi connectivity index (χ1) is 17.9. The third-order valence-electron chi connectivity index (χ3n) is 6.19. The third-order valence-corrected chi connectivity index (χ3v) is 6.19. The van der Waals surface area contributed by atoms with Crippen molar-refractivity contribution >= 4 is 17.5 Å². The van der Waals surface area contributed by atoms with Crippen LogP contribution in [0.2, 0.25) is 0 Å². The van der Waals surface area contributed by atoms with Crippen LogP contribution in [-0.2, 0) is 24.2 Å². The molecule has 1 atom stereocenters. The van der Waals surface area contributed by atoms with Crippen molar-refractivity contribution < 1.29 is 9.90 Å². The summed E-state index contributed by atoms with van der Waals surface area (Å²) in [6.07, 6.45) is 4.69. The van der Waals surface area contributed by atoms with E-state index in [1.807, 2.05) is 75.5 Å². The Bertz CT molecular complexity index is 1440. The Balaban J connectivity index is 1.43. The number of hydrogen-bond donors (Lipinski definition) is 3. The molecule has 0 aliphatic carbocycles. The van der Waals surface area contributed by atoms with Gasteiger partial charge in [-0.3, -0.25) is 0 Å². The van der Waals surface area contributed by atoms with Crippen LogP contribution in [0.4, 0.5) is 11.5 Å². The van der Waals surface area contributed by atoms with E-state index in [4.69, 9.17) is 0 Å². The molecule has 37 heavy (non-hydrogen) atoms. The molecule has 0 radical (unpaired) electrons. The van der Waals surface area contributed by atoms with E-state index < -0.39 is 12.0 Å². The van der Waals surface area contributed by atoms with E-state index in [0.717, 1.165) is 45.1 Å². The Kier molecular flexibility index (Phi) is 7.84. The Morgan fingerprint density at radius 3 is 2.59 bits per heavy atom. The average Bonchev–Trinajstić information content (AvgIpc) is 3.37. The molecule has 8 nitrogen and oxygen atoms in total. The molecule has 4 aromatic rings. The molecule has 0 fully saturated rings. The molecule has 0 amide bonds. The van der Waals surface area contributed by atoms with Crippen LogP contribution < -0.4 is 10.6 Å². The van der Waals surface area contributed by atoms with Gasteiger partial charge in [0.15, 0.2) is 0 Å². The molecule has 188 valence electrons. The standard InChI is InChI=1S/C29H30N6O2/c1-4-23-15-22(17-30)14-20(3)28(23)33-26(29(36)37)16-21-5-7-25(8-6-21)35-12-10-24(34-35)18-32-27-13-19(2)9-11-31-27/h5-15,26,33H,4,16,18H2,1-3H3,(H,31,32)(H,36,37). The zero-order valence-electron chi connectivity index (χ0n) is 21.2. The first-order valence-electron chi connectivity index (χ1n) is 12.2. The van der Waals surface area contributed by atoms with Crippen LogP contribution >= 0.6 is 0 Å². The highest BCUT2D eigenvalue weighted by Gasteiger charge is 2.20. The van der Waals surface area contributed by atoms with Gasteiger partial charge < -0.3 is 15.7 Å². The zero-order chi connectivity index (χ0) is 26.4. The number of benzene rings is 2. The van der Waals surface area contributed by atoms with Crippen LogP contribution in [0.15, 0.2) is 67.0 Å². The van der Waals surface area contributed by atoms with Crippen molar-refractivity contribution in [3.8, 4) is 11.8 Å². The number of aromatic nitrogens is 3. The largest absolute Gasteiger partial charge is 0.480 e. The highest BCUT2D eigenvalue weighted by molar-refractivity contribution is 5.79. The van der Waals surface area contributed by atoms with Crippen LogP contribution in [0.25, 0.3) is 5.69 Å². The fraction of sp³-hybridized carbons (Fsp3) is 0.241. The lowest BCUT2D eigenvalue weighted by Gasteiger charge is -2.20. The Labute approximate surface area is 216 Å². The Morgan fingerprint density at radius 2 is 1.92 bits per heavy atom. The summed E-state index contributed by atoms with van der Waals surface area (Å²) in [5, 5.41) is 30.3. The van der Waals surface area contributed by atoms with Gasteiger partial charge in [-0.15, -0.1) is 0 Å². The van der Waals surface area contributed by atoms with E-state index in [1.165, 1.54) is 0 Å². The summed E-state index contributed by atoms with van der Waals surface area (Å²) in [5.74, 6) is -0.120. The number of nitrogens with one attached hydrogen (secondary N) is 2. The molecule has 0 saturated heterocycles. The molecule has 0 spiro atoms. The number of carbonyl (C=O) groups is 1. The monoisotopic (exact) mass is 494 g/mol.